The molecule has 0 spiro atoms. The SMILES string of the molecule is O=[N+]([O-])c1cc(C(F)(F)F)cc([N+](=O)[O-])c1N1CCN(c2ncccn2)CC1. The molecule has 0 aliphatic carbocycles. The van der Waals surface area contributed by atoms with Crippen LogP contribution in [0.3, 0.4) is 0 Å². The minimum Gasteiger partial charge on any atom is -0.357 e. The van der Waals surface area contributed by atoms with Gasteiger partial charge in [-0.1, -0.05) is 0 Å². The highest BCUT2D eigenvalue weighted by Gasteiger charge is 2.39. The standard InChI is InChI=1S/C15H13F3N6O4/c16-15(17,18)10-8-11(23(25)26)13(12(9-10)24(27)28)21-4-6-22(7-5-21)14-19-2-1-3-20-14/h1-3,8-9H,4-7H2. The summed E-state index contributed by atoms with van der Waals surface area (Å²) in [4.78, 5) is 31.9. The third-order valence-corrected chi connectivity index (χ3v) is 4.22. The zero-order valence-corrected chi connectivity index (χ0v) is 14.2. The van der Waals surface area contributed by atoms with Crippen LogP contribution in [0.1, 0.15) is 5.56 Å². The van der Waals surface area contributed by atoms with Gasteiger partial charge in [0.05, 0.1) is 15.4 Å². The molecule has 1 aromatic heterocycles. The summed E-state index contributed by atoms with van der Waals surface area (Å²) in [5, 5.41) is 22.7. The van der Waals surface area contributed by atoms with E-state index < -0.39 is 38.6 Å². The lowest BCUT2D eigenvalue weighted by atomic mass is 10.1. The Bertz CT molecular complexity index is 865. The maximum atomic E-state index is 13.0. The molecule has 0 amide bonds. The molecule has 1 saturated heterocycles. The molecule has 1 aromatic carbocycles. The largest absolute Gasteiger partial charge is 0.416 e. The summed E-state index contributed by atoms with van der Waals surface area (Å²) in [6.45, 7) is 0.815. The van der Waals surface area contributed by atoms with Crippen molar-refractivity contribution in [2.24, 2.45) is 0 Å². The van der Waals surface area contributed by atoms with Crippen molar-refractivity contribution in [2.45, 2.75) is 6.18 Å². The van der Waals surface area contributed by atoms with Crippen LogP contribution in [0.4, 0.5) is 36.2 Å². The van der Waals surface area contributed by atoms with Gasteiger partial charge in [-0.2, -0.15) is 13.2 Å². The van der Waals surface area contributed by atoms with Gasteiger partial charge < -0.3 is 9.80 Å². The van der Waals surface area contributed by atoms with Crippen molar-refractivity contribution in [3.63, 3.8) is 0 Å². The number of benzene rings is 1. The van der Waals surface area contributed by atoms with Crippen LogP contribution in [0, 0.1) is 20.2 Å². The number of halogens is 3. The normalized spacial score (nSPS) is 14.8. The fraction of sp³-hybridized carbons (Fsp3) is 0.333. The summed E-state index contributed by atoms with van der Waals surface area (Å²) in [6.07, 6.45) is -1.86. The number of nitrogens with zero attached hydrogens (tertiary/aromatic N) is 6. The monoisotopic (exact) mass is 398 g/mol. The Morgan fingerprint density at radius 1 is 0.893 bits per heavy atom. The highest BCUT2D eigenvalue weighted by atomic mass is 19.4. The molecule has 0 bridgehead atoms. The van der Waals surface area contributed by atoms with Crippen LogP contribution in [-0.4, -0.2) is 46.0 Å². The van der Waals surface area contributed by atoms with E-state index in [-0.39, 0.29) is 13.1 Å². The summed E-state index contributed by atoms with van der Waals surface area (Å²) in [7, 11) is 0. The Labute approximate surface area is 155 Å². The number of hydrogen-bond donors (Lipinski definition) is 0. The number of nitro groups is 2. The Morgan fingerprint density at radius 2 is 1.36 bits per heavy atom. The van der Waals surface area contributed by atoms with Gasteiger partial charge in [-0.25, -0.2) is 9.97 Å². The lowest BCUT2D eigenvalue weighted by molar-refractivity contribution is -0.393. The fourth-order valence-corrected chi connectivity index (χ4v) is 2.95. The van der Waals surface area contributed by atoms with Crippen LogP contribution < -0.4 is 9.80 Å². The third kappa shape index (κ3) is 3.77. The number of anilines is 2. The minimum atomic E-state index is -4.95. The van der Waals surface area contributed by atoms with Gasteiger partial charge in [-0.15, -0.1) is 0 Å². The van der Waals surface area contributed by atoms with Gasteiger partial charge in [0.15, 0.2) is 5.69 Å². The maximum Gasteiger partial charge on any atom is 0.416 e. The van der Waals surface area contributed by atoms with Crippen LogP contribution >= 0.6 is 0 Å². The first-order valence-electron chi connectivity index (χ1n) is 7.99. The molecule has 10 nitrogen and oxygen atoms in total. The molecule has 1 aliphatic rings. The summed E-state index contributed by atoms with van der Waals surface area (Å²) in [5.41, 5.74) is -3.78. The Kier molecular flexibility index (Phi) is 4.98. The van der Waals surface area contributed by atoms with Crippen molar-refractivity contribution in [3.8, 4) is 0 Å². The quantitative estimate of drug-likeness (QED) is 0.570. The predicted octanol–water partition coefficient (Wildman–Crippen LogP) is 2.64. The molecule has 1 fully saturated rings. The van der Waals surface area contributed by atoms with Gasteiger partial charge in [-0.3, -0.25) is 20.2 Å². The average Bonchev–Trinajstić information content (AvgIpc) is 2.67. The van der Waals surface area contributed by atoms with Crippen LogP contribution in [0.2, 0.25) is 0 Å². The molecule has 2 heterocycles. The van der Waals surface area contributed by atoms with Crippen molar-refractivity contribution < 1.29 is 23.0 Å². The second kappa shape index (κ2) is 7.25. The third-order valence-electron chi connectivity index (χ3n) is 4.22. The van der Waals surface area contributed by atoms with Gasteiger partial charge in [-0.05, 0) is 6.07 Å². The smallest absolute Gasteiger partial charge is 0.357 e. The van der Waals surface area contributed by atoms with Crippen molar-refractivity contribution >= 4 is 23.0 Å². The van der Waals surface area contributed by atoms with Crippen molar-refractivity contribution in [1.82, 2.24) is 9.97 Å². The summed E-state index contributed by atoms with van der Waals surface area (Å²) >= 11 is 0. The highest BCUT2D eigenvalue weighted by Crippen LogP contribution is 2.43. The van der Waals surface area contributed by atoms with Gasteiger partial charge in [0.1, 0.15) is 0 Å². The summed E-state index contributed by atoms with van der Waals surface area (Å²) in [5.74, 6) is 0.429. The van der Waals surface area contributed by atoms with Crippen LogP contribution in [-0.2, 0) is 6.18 Å². The first-order valence-corrected chi connectivity index (χ1v) is 7.99. The zero-order chi connectivity index (χ0) is 20.5. The molecule has 0 unspecified atom stereocenters. The molecule has 0 saturated carbocycles. The molecule has 148 valence electrons. The molecule has 0 atom stereocenters. The van der Waals surface area contributed by atoms with E-state index in [2.05, 4.69) is 9.97 Å². The van der Waals surface area contributed by atoms with Crippen LogP contribution in [0.5, 0.6) is 0 Å². The molecular weight excluding hydrogens is 385 g/mol. The summed E-state index contributed by atoms with van der Waals surface area (Å²) in [6, 6.07) is 2.29. The van der Waals surface area contributed by atoms with Gasteiger partial charge >= 0.3 is 6.18 Å². The van der Waals surface area contributed by atoms with Crippen molar-refractivity contribution in [2.75, 3.05) is 36.0 Å². The average molecular weight is 398 g/mol. The topological polar surface area (TPSA) is 119 Å². The van der Waals surface area contributed by atoms with Gasteiger partial charge in [0.25, 0.3) is 11.4 Å². The number of aromatic nitrogens is 2. The minimum absolute atomic E-state index is 0.116. The second-order valence-corrected chi connectivity index (χ2v) is 5.90. The Morgan fingerprint density at radius 3 is 1.79 bits per heavy atom. The molecule has 13 heteroatoms. The van der Waals surface area contributed by atoms with E-state index in [0.717, 1.165) is 0 Å². The maximum absolute atomic E-state index is 13.0. The van der Waals surface area contributed by atoms with E-state index in [0.29, 0.717) is 31.2 Å². The number of alkyl halides is 3. The molecule has 2 aromatic rings. The van der Waals surface area contributed by atoms with Crippen LogP contribution in [0.15, 0.2) is 30.6 Å². The fourth-order valence-electron chi connectivity index (χ4n) is 2.95. The van der Waals surface area contributed by atoms with Crippen molar-refractivity contribution in [1.29, 1.82) is 0 Å². The number of hydrogen-bond acceptors (Lipinski definition) is 8. The van der Waals surface area contributed by atoms with Crippen molar-refractivity contribution in [3.05, 3.63) is 56.4 Å². The highest BCUT2D eigenvalue weighted by molar-refractivity contribution is 5.76. The lowest BCUT2D eigenvalue weighted by Gasteiger charge is -2.35. The first-order chi connectivity index (χ1) is 13.2. The Hall–Kier alpha value is -3.51. The zero-order valence-electron chi connectivity index (χ0n) is 14.2. The molecule has 0 N–H and O–H groups in total. The van der Waals surface area contributed by atoms with E-state index in [4.69, 9.17) is 0 Å². The summed E-state index contributed by atoms with van der Waals surface area (Å²) < 4.78 is 39.0. The van der Waals surface area contributed by atoms with E-state index >= 15 is 0 Å². The number of piperazine rings is 1. The van der Waals surface area contributed by atoms with E-state index in [9.17, 15) is 33.4 Å². The molecular formula is C15H13F3N6O4. The molecule has 0 radical (unpaired) electrons. The Balaban J connectivity index is 1.97. The molecule has 28 heavy (non-hydrogen) atoms. The number of nitro benzene ring substituents is 2. The molecule has 3 rings (SSSR count). The second-order valence-electron chi connectivity index (χ2n) is 5.90. The molecule has 1 aliphatic heterocycles. The lowest BCUT2D eigenvalue weighted by Crippen LogP contribution is -2.47. The van der Waals surface area contributed by atoms with Gasteiger partial charge in [0, 0.05) is 50.7 Å². The van der Waals surface area contributed by atoms with Gasteiger partial charge in [0.2, 0.25) is 5.95 Å². The van der Waals surface area contributed by atoms with E-state index in [1.165, 1.54) is 4.90 Å². The van der Waals surface area contributed by atoms with Crippen LogP contribution in [0.25, 0.3) is 0 Å². The van der Waals surface area contributed by atoms with E-state index in [1.807, 2.05) is 0 Å². The predicted molar refractivity (Wildman–Crippen MR) is 91.2 cm³/mol. The van der Waals surface area contributed by atoms with E-state index in [1.54, 1.807) is 23.4 Å². The number of rotatable bonds is 4. The first kappa shape index (κ1) is 19.3.